The molecule has 0 spiro atoms. The smallest absolute Gasteiger partial charge is 0.0406 e. The monoisotopic (exact) mass is 293 g/mol. The van der Waals surface area contributed by atoms with E-state index in [0.29, 0.717) is 18.0 Å². The van der Waals surface area contributed by atoms with Crippen LogP contribution in [-0.2, 0) is 0 Å². The van der Waals surface area contributed by atoms with Crippen LogP contribution in [0, 0.1) is 17.8 Å². The Kier molecular flexibility index (Phi) is 5.51. The molecule has 2 heteroatoms. The van der Waals surface area contributed by atoms with Crippen molar-refractivity contribution in [2.75, 3.05) is 0 Å². The van der Waals surface area contributed by atoms with E-state index in [1.165, 1.54) is 24.8 Å². The van der Waals surface area contributed by atoms with Crippen LogP contribution in [0.1, 0.15) is 58.6 Å². The first-order valence-electron chi connectivity index (χ1n) is 7.99. The molecule has 1 aliphatic rings. The van der Waals surface area contributed by atoms with E-state index in [1.54, 1.807) is 0 Å². The molecule has 1 N–H and O–H groups in total. The van der Waals surface area contributed by atoms with Crippen molar-refractivity contribution in [2.45, 2.75) is 59.0 Å². The van der Waals surface area contributed by atoms with Crippen LogP contribution in [0.25, 0.3) is 0 Å². The zero-order valence-electron chi connectivity index (χ0n) is 13.2. The van der Waals surface area contributed by atoms with E-state index < -0.39 is 0 Å². The Hall–Kier alpha value is -0.530. The third-order valence-corrected chi connectivity index (χ3v) is 5.00. The molecular formula is C18H28ClN. The maximum atomic E-state index is 6.01. The van der Waals surface area contributed by atoms with Gasteiger partial charge in [0.2, 0.25) is 0 Å². The molecule has 4 atom stereocenters. The number of rotatable bonds is 4. The van der Waals surface area contributed by atoms with Crippen LogP contribution >= 0.6 is 11.6 Å². The van der Waals surface area contributed by atoms with E-state index in [4.69, 9.17) is 11.6 Å². The number of benzene rings is 1. The summed E-state index contributed by atoms with van der Waals surface area (Å²) in [6.45, 7) is 9.36. The van der Waals surface area contributed by atoms with Crippen molar-refractivity contribution in [3.8, 4) is 0 Å². The predicted octanol–water partition coefficient (Wildman–Crippen LogP) is 5.45. The van der Waals surface area contributed by atoms with Crippen LogP contribution < -0.4 is 5.32 Å². The molecule has 0 aliphatic heterocycles. The van der Waals surface area contributed by atoms with Crippen LogP contribution in [0.15, 0.2) is 24.3 Å². The molecule has 20 heavy (non-hydrogen) atoms. The van der Waals surface area contributed by atoms with Crippen LogP contribution in [0.5, 0.6) is 0 Å². The van der Waals surface area contributed by atoms with Gasteiger partial charge >= 0.3 is 0 Å². The largest absolute Gasteiger partial charge is 0.307 e. The summed E-state index contributed by atoms with van der Waals surface area (Å²) < 4.78 is 0. The molecule has 0 bridgehead atoms. The standard InChI is InChI=1S/C18H28ClN/c1-12(2)18(15-7-9-16(19)10-8-15)20-17-11-13(3)5-6-14(17)4/h7-10,12-14,17-18,20H,5-6,11H2,1-4H3. The lowest BCUT2D eigenvalue weighted by atomic mass is 9.79. The van der Waals surface area contributed by atoms with Crippen LogP contribution in [0.2, 0.25) is 5.02 Å². The highest BCUT2D eigenvalue weighted by Gasteiger charge is 2.28. The quantitative estimate of drug-likeness (QED) is 0.778. The van der Waals surface area contributed by atoms with Crippen molar-refractivity contribution in [2.24, 2.45) is 17.8 Å². The fourth-order valence-electron chi connectivity index (χ4n) is 3.34. The number of nitrogens with one attached hydrogen (secondary N) is 1. The molecule has 0 amide bonds. The van der Waals surface area contributed by atoms with Gasteiger partial charge in [0, 0.05) is 17.1 Å². The molecule has 0 aromatic heterocycles. The molecule has 1 aromatic rings. The van der Waals surface area contributed by atoms with E-state index in [0.717, 1.165) is 16.9 Å². The fraction of sp³-hybridized carbons (Fsp3) is 0.667. The minimum atomic E-state index is 0.421. The first kappa shape index (κ1) is 15.9. The van der Waals surface area contributed by atoms with Gasteiger partial charge in [0.25, 0.3) is 0 Å². The van der Waals surface area contributed by atoms with Gasteiger partial charge in [-0.25, -0.2) is 0 Å². The summed E-state index contributed by atoms with van der Waals surface area (Å²) in [7, 11) is 0. The SMILES string of the molecule is CC1CCC(C)C(NC(c2ccc(Cl)cc2)C(C)C)C1. The highest BCUT2D eigenvalue weighted by atomic mass is 35.5. The van der Waals surface area contributed by atoms with Crippen LogP contribution in [0.4, 0.5) is 0 Å². The first-order valence-corrected chi connectivity index (χ1v) is 8.36. The molecule has 1 aliphatic carbocycles. The number of halogens is 1. The second-order valence-electron chi connectivity index (χ2n) is 6.94. The molecule has 1 fully saturated rings. The minimum absolute atomic E-state index is 0.421. The Morgan fingerprint density at radius 3 is 2.35 bits per heavy atom. The first-order chi connectivity index (χ1) is 9.47. The Labute approximate surface area is 129 Å². The minimum Gasteiger partial charge on any atom is -0.307 e. The average molecular weight is 294 g/mol. The molecule has 2 rings (SSSR count). The van der Waals surface area contributed by atoms with Crippen molar-refractivity contribution < 1.29 is 0 Å². The number of hydrogen-bond acceptors (Lipinski definition) is 1. The summed E-state index contributed by atoms with van der Waals surface area (Å²) in [5.74, 6) is 2.21. The lowest BCUT2D eigenvalue weighted by molar-refractivity contribution is 0.199. The normalized spacial score (nSPS) is 28.6. The van der Waals surface area contributed by atoms with E-state index in [9.17, 15) is 0 Å². The van der Waals surface area contributed by atoms with Gasteiger partial charge in [0.1, 0.15) is 0 Å². The van der Waals surface area contributed by atoms with Gasteiger partial charge in [-0.2, -0.15) is 0 Å². The van der Waals surface area contributed by atoms with Gasteiger partial charge < -0.3 is 5.32 Å². The predicted molar refractivity (Wildman–Crippen MR) is 88.1 cm³/mol. The number of hydrogen-bond donors (Lipinski definition) is 1. The van der Waals surface area contributed by atoms with E-state index in [2.05, 4.69) is 45.1 Å². The summed E-state index contributed by atoms with van der Waals surface area (Å²) in [5, 5.41) is 4.74. The maximum Gasteiger partial charge on any atom is 0.0406 e. The molecule has 1 aromatic carbocycles. The van der Waals surface area contributed by atoms with Gasteiger partial charge in [-0.1, -0.05) is 57.8 Å². The lowest BCUT2D eigenvalue weighted by Crippen LogP contribution is -2.42. The molecule has 0 radical (unpaired) electrons. The Balaban J connectivity index is 2.11. The van der Waals surface area contributed by atoms with Crippen molar-refractivity contribution >= 4 is 11.6 Å². The summed E-state index contributed by atoms with van der Waals surface area (Å²) in [6.07, 6.45) is 4.04. The van der Waals surface area contributed by atoms with Gasteiger partial charge in [-0.05, 0) is 48.3 Å². The van der Waals surface area contributed by atoms with Crippen LogP contribution in [-0.4, -0.2) is 6.04 Å². The molecular weight excluding hydrogens is 266 g/mol. The Bertz CT molecular complexity index is 412. The third-order valence-electron chi connectivity index (χ3n) is 4.75. The van der Waals surface area contributed by atoms with Crippen molar-refractivity contribution in [1.82, 2.24) is 5.32 Å². The highest BCUT2D eigenvalue weighted by Crippen LogP contribution is 2.32. The molecule has 112 valence electrons. The Morgan fingerprint density at radius 1 is 1.10 bits per heavy atom. The summed E-state index contributed by atoms with van der Waals surface area (Å²) >= 11 is 6.01. The molecule has 1 saturated carbocycles. The molecule has 0 saturated heterocycles. The second-order valence-corrected chi connectivity index (χ2v) is 7.38. The fourth-order valence-corrected chi connectivity index (χ4v) is 3.46. The van der Waals surface area contributed by atoms with E-state index in [-0.39, 0.29) is 0 Å². The van der Waals surface area contributed by atoms with Gasteiger partial charge in [-0.3, -0.25) is 0 Å². The molecule has 0 heterocycles. The van der Waals surface area contributed by atoms with Crippen molar-refractivity contribution in [3.63, 3.8) is 0 Å². The van der Waals surface area contributed by atoms with Gasteiger partial charge in [0.05, 0.1) is 0 Å². The average Bonchev–Trinajstić information content (AvgIpc) is 2.40. The lowest BCUT2D eigenvalue weighted by Gasteiger charge is -2.37. The molecule has 1 nitrogen and oxygen atoms in total. The van der Waals surface area contributed by atoms with E-state index >= 15 is 0 Å². The van der Waals surface area contributed by atoms with Crippen LogP contribution in [0.3, 0.4) is 0 Å². The molecule has 4 unspecified atom stereocenters. The van der Waals surface area contributed by atoms with E-state index in [1.807, 2.05) is 12.1 Å². The third kappa shape index (κ3) is 3.99. The Morgan fingerprint density at radius 2 is 1.75 bits per heavy atom. The topological polar surface area (TPSA) is 12.0 Å². The summed E-state index contributed by atoms with van der Waals surface area (Å²) in [4.78, 5) is 0. The highest BCUT2D eigenvalue weighted by molar-refractivity contribution is 6.30. The summed E-state index contributed by atoms with van der Waals surface area (Å²) in [6, 6.07) is 9.39. The zero-order chi connectivity index (χ0) is 14.7. The van der Waals surface area contributed by atoms with Crippen molar-refractivity contribution in [3.05, 3.63) is 34.9 Å². The maximum absolute atomic E-state index is 6.01. The van der Waals surface area contributed by atoms with Gasteiger partial charge in [-0.15, -0.1) is 0 Å². The second kappa shape index (κ2) is 6.95. The summed E-state index contributed by atoms with van der Waals surface area (Å²) in [5.41, 5.74) is 1.36. The van der Waals surface area contributed by atoms with Gasteiger partial charge in [0.15, 0.2) is 0 Å². The van der Waals surface area contributed by atoms with Crippen molar-refractivity contribution in [1.29, 1.82) is 0 Å². The zero-order valence-corrected chi connectivity index (χ0v) is 14.0.